The highest BCUT2D eigenvalue weighted by molar-refractivity contribution is 6.14. The lowest BCUT2D eigenvalue weighted by Gasteiger charge is -2.25. The third kappa shape index (κ3) is 3.51. The second-order valence-corrected chi connectivity index (χ2v) is 6.75. The van der Waals surface area contributed by atoms with Crippen LogP contribution in [0, 0.1) is 12.3 Å². The molecular formula is C24H24O4. The van der Waals surface area contributed by atoms with Gasteiger partial charge in [-0.05, 0) is 43.5 Å². The molecule has 1 aliphatic carbocycles. The summed E-state index contributed by atoms with van der Waals surface area (Å²) < 4.78 is 10.6. The van der Waals surface area contributed by atoms with Crippen LogP contribution in [0.1, 0.15) is 36.1 Å². The molecule has 28 heavy (non-hydrogen) atoms. The van der Waals surface area contributed by atoms with Crippen LogP contribution in [0.15, 0.2) is 54.3 Å². The molecule has 0 N–H and O–H groups in total. The molecule has 0 spiro atoms. The van der Waals surface area contributed by atoms with Gasteiger partial charge in [-0.1, -0.05) is 54.1 Å². The molecule has 0 bridgehead atoms. The maximum atomic E-state index is 13.0. The monoisotopic (exact) mass is 376 g/mol. The molecule has 0 aliphatic heterocycles. The number of esters is 2. The predicted octanol–water partition coefficient (Wildman–Crippen LogP) is 4.36. The molecule has 4 nitrogen and oxygen atoms in total. The number of hydrogen-bond acceptors (Lipinski definition) is 4. The summed E-state index contributed by atoms with van der Waals surface area (Å²) in [6.45, 7) is 5.84. The highest BCUT2D eigenvalue weighted by Gasteiger charge is 2.56. The Morgan fingerprint density at radius 1 is 1.00 bits per heavy atom. The van der Waals surface area contributed by atoms with E-state index in [0.29, 0.717) is 5.57 Å². The SMILES string of the molecule is CCOC(=O)C1(C(=O)OCC)Cc2ccccc2C1=C=Cc1ccc(C)cc1. The molecule has 0 fully saturated rings. The van der Waals surface area contributed by atoms with Crippen LogP contribution in [0.2, 0.25) is 0 Å². The summed E-state index contributed by atoms with van der Waals surface area (Å²) in [4.78, 5) is 26.0. The van der Waals surface area contributed by atoms with E-state index in [-0.39, 0.29) is 19.6 Å². The Morgan fingerprint density at radius 2 is 1.61 bits per heavy atom. The van der Waals surface area contributed by atoms with E-state index in [2.05, 4.69) is 5.73 Å². The normalized spacial score (nSPS) is 14.0. The van der Waals surface area contributed by atoms with E-state index in [1.54, 1.807) is 19.9 Å². The number of carbonyl (C=O) groups excluding carboxylic acids is 2. The fraction of sp³-hybridized carbons (Fsp3) is 0.292. The molecule has 2 aromatic carbocycles. The van der Waals surface area contributed by atoms with Gasteiger partial charge in [0.1, 0.15) is 0 Å². The van der Waals surface area contributed by atoms with Crippen molar-refractivity contribution < 1.29 is 19.1 Å². The minimum atomic E-state index is -1.53. The molecule has 0 saturated carbocycles. The van der Waals surface area contributed by atoms with E-state index in [9.17, 15) is 9.59 Å². The van der Waals surface area contributed by atoms with Crippen molar-refractivity contribution in [3.8, 4) is 0 Å². The van der Waals surface area contributed by atoms with Crippen molar-refractivity contribution in [2.75, 3.05) is 13.2 Å². The van der Waals surface area contributed by atoms with Crippen molar-refractivity contribution >= 4 is 23.6 Å². The quantitative estimate of drug-likeness (QED) is 0.442. The zero-order valence-electron chi connectivity index (χ0n) is 16.5. The molecule has 2 aromatic rings. The molecule has 0 aromatic heterocycles. The van der Waals surface area contributed by atoms with Crippen LogP contribution in [-0.4, -0.2) is 25.2 Å². The number of hydrogen-bond donors (Lipinski definition) is 0. The van der Waals surface area contributed by atoms with E-state index in [1.165, 1.54) is 0 Å². The van der Waals surface area contributed by atoms with Crippen LogP contribution < -0.4 is 0 Å². The van der Waals surface area contributed by atoms with Crippen LogP contribution in [0.3, 0.4) is 0 Å². The van der Waals surface area contributed by atoms with Gasteiger partial charge in [-0.15, -0.1) is 5.73 Å². The first-order chi connectivity index (χ1) is 13.5. The molecule has 0 heterocycles. The smallest absolute Gasteiger partial charge is 0.329 e. The fourth-order valence-electron chi connectivity index (χ4n) is 3.48. The summed E-state index contributed by atoms with van der Waals surface area (Å²) in [5.74, 6) is -1.19. The molecule has 0 amide bonds. The molecule has 0 unspecified atom stereocenters. The summed E-state index contributed by atoms with van der Waals surface area (Å²) >= 11 is 0. The summed E-state index contributed by atoms with van der Waals surface area (Å²) in [7, 11) is 0. The van der Waals surface area contributed by atoms with E-state index in [0.717, 1.165) is 22.3 Å². The first-order valence-electron chi connectivity index (χ1n) is 9.49. The Balaban J connectivity index is 2.21. The Hall–Kier alpha value is -3.10. The minimum Gasteiger partial charge on any atom is -0.465 e. The van der Waals surface area contributed by atoms with Gasteiger partial charge < -0.3 is 9.47 Å². The first-order valence-corrected chi connectivity index (χ1v) is 9.49. The zero-order chi connectivity index (χ0) is 20.1. The number of aryl methyl sites for hydroxylation is 1. The molecule has 0 radical (unpaired) electrons. The van der Waals surface area contributed by atoms with Gasteiger partial charge >= 0.3 is 11.9 Å². The van der Waals surface area contributed by atoms with Gasteiger partial charge in [-0.3, -0.25) is 9.59 Å². The van der Waals surface area contributed by atoms with Crippen LogP contribution in [0.25, 0.3) is 11.6 Å². The zero-order valence-corrected chi connectivity index (χ0v) is 16.5. The van der Waals surface area contributed by atoms with Gasteiger partial charge in [0.15, 0.2) is 0 Å². The molecule has 3 rings (SSSR count). The lowest BCUT2D eigenvalue weighted by Crippen LogP contribution is -2.42. The van der Waals surface area contributed by atoms with E-state index in [4.69, 9.17) is 9.47 Å². The van der Waals surface area contributed by atoms with E-state index >= 15 is 0 Å². The van der Waals surface area contributed by atoms with Gasteiger partial charge in [-0.25, -0.2) is 0 Å². The highest BCUT2D eigenvalue weighted by Crippen LogP contribution is 2.48. The molecule has 0 atom stereocenters. The lowest BCUT2D eigenvalue weighted by atomic mass is 9.80. The van der Waals surface area contributed by atoms with Crippen molar-refractivity contribution in [2.45, 2.75) is 27.2 Å². The average Bonchev–Trinajstić information content (AvgIpc) is 3.03. The Morgan fingerprint density at radius 3 is 2.21 bits per heavy atom. The molecule has 144 valence electrons. The fourth-order valence-corrected chi connectivity index (χ4v) is 3.48. The first kappa shape index (κ1) is 19.7. The van der Waals surface area contributed by atoms with E-state index in [1.807, 2.05) is 55.5 Å². The van der Waals surface area contributed by atoms with Gasteiger partial charge in [0.25, 0.3) is 0 Å². The summed E-state index contributed by atoms with van der Waals surface area (Å²) in [5.41, 5.74) is 6.02. The predicted molar refractivity (Wildman–Crippen MR) is 108 cm³/mol. The van der Waals surface area contributed by atoms with Crippen molar-refractivity contribution in [3.63, 3.8) is 0 Å². The molecule has 4 heteroatoms. The van der Waals surface area contributed by atoms with Crippen LogP contribution in [0.4, 0.5) is 0 Å². The van der Waals surface area contributed by atoms with Crippen LogP contribution in [0.5, 0.6) is 0 Å². The van der Waals surface area contributed by atoms with E-state index < -0.39 is 17.4 Å². The van der Waals surface area contributed by atoms with Crippen LogP contribution >= 0.6 is 0 Å². The third-order valence-electron chi connectivity index (χ3n) is 4.88. The number of benzene rings is 2. The minimum absolute atomic E-state index is 0.186. The second-order valence-electron chi connectivity index (χ2n) is 6.75. The van der Waals surface area contributed by atoms with Crippen molar-refractivity contribution in [2.24, 2.45) is 5.41 Å². The average molecular weight is 376 g/mol. The second kappa shape index (κ2) is 8.28. The highest BCUT2D eigenvalue weighted by atomic mass is 16.6. The topological polar surface area (TPSA) is 52.6 Å². The van der Waals surface area contributed by atoms with Crippen molar-refractivity contribution in [3.05, 3.63) is 76.5 Å². The lowest BCUT2D eigenvalue weighted by molar-refractivity contribution is -0.166. The number of fused-ring (bicyclic) bond motifs is 1. The number of carbonyl (C=O) groups is 2. The largest absolute Gasteiger partial charge is 0.465 e. The van der Waals surface area contributed by atoms with Crippen LogP contribution in [-0.2, 0) is 25.5 Å². The van der Waals surface area contributed by atoms with Gasteiger partial charge in [0.2, 0.25) is 5.41 Å². The standard InChI is InChI=1S/C24H24O4/c1-4-27-22(25)24(23(26)28-5-2)16-19-8-6-7-9-20(19)21(24)15-14-18-12-10-17(3)11-13-18/h6-14H,4-5,16H2,1-3H3. The van der Waals surface area contributed by atoms with Crippen molar-refractivity contribution in [1.29, 1.82) is 0 Å². The Bertz CT molecular complexity index is 929. The summed E-state index contributed by atoms with van der Waals surface area (Å²) in [5, 5.41) is 0. The van der Waals surface area contributed by atoms with Gasteiger partial charge in [0.05, 0.1) is 13.2 Å². The Labute approximate surface area is 165 Å². The third-order valence-corrected chi connectivity index (χ3v) is 4.88. The number of rotatable bonds is 5. The maximum absolute atomic E-state index is 13.0. The maximum Gasteiger partial charge on any atom is 0.329 e. The number of ether oxygens (including phenoxy) is 2. The van der Waals surface area contributed by atoms with Gasteiger partial charge in [0, 0.05) is 12.0 Å². The summed E-state index contributed by atoms with van der Waals surface area (Å²) in [6, 6.07) is 15.6. The van der Waals surface area contributed by atoms with Gasteiger partial charge in [-0.2, -0.15) is 0 Å². The summed E-state index contributed by atoms with van der Waals surface area (Å²) in [6.07, 6.45) is 2.01. The molecule has 0 saturated heterocycles. The molecule has 1 aliphatic rings. The van der Waals surface area contributed by atoms with Crippen molar-refractivity contribution in [1.82, 2.24) is 0 Å². The molecular weight excluding hydrogens is 352 g/mol. The Kier molecular flexibility index (Phi) is 5.81.